The molecule has 0 heterocycles. The maximum absolute atomic E-state index is 12.9. The van der Waals surface area contributed by atoms with E-state index in [1.165, 1.54) is 321 Å². The van der Waals surface area contributed by atoms with Crippen LogP contribution in [-0.4, -0.2) is 82.3 Å². The van der Waals surface area contributed by atoms with Gasteiger partial charge >= 0.3 is 11.9 Å². The molecule has 0 bridgehead atoms. The molecule has 0 aliphatic rings. The molecule has 0 aliphatic carbocycles. The summed E-state index contributed by atoms with van der Waals surface area (Å²) >= 11 is 0. The van der Waals surface area contributed by atoms with Crippen molar-refractivity contribution in [2.45, 2.75) is 399 Å². The number of carbonyl (C=O) groups excluding carboxylic acids is 3. The topological polar surface area (TPSA) is 111 Å². The Balaban J connectivity index is 3.96. The summed E-state index contributed by atoms with van der Waals surface area (Å²) in [5, 5.41) is 11.8. The van der Waals surface area contributed by atoms with Crippen LogP contribution in [0, 0.1) is 0 Å². The van der Waals surface area contributed by atoms with Gasteiger partial charge in [0, 0.05) is 12.8 Å². The zero-order valence-electron chi connectivity index (χ0n) is 56.4. The van der Waals surface area contributed by atoms with Gasteiger partial charge in [0.25, 0.3) is 0 Å². The third kappa shape index (κ3) is 67.4. The Kier molecular flexibility index (Phi) is 64.4. The van der Waals surface area contributed by atoms with Gasteiger partial charge in [-0.2, -0.15) is 0 Å². The molecule has 0 aromatic heterocycles. The monoisotopic (exact) mass is 1170 g/mol. The molecule has 0 fully saturated rings. The van der Waals surface area contributed by atoms with Gasteiger partial charge in [0.2, 0.25) is 0 Å². The minimum atomic E-state index is -1.62. The number of carboxylic acids is 1. The molecule has 0 aliphatic heterocycles. The first-order valence-electron chi connectivity index (χ1n) is 36.8. The first-order valence-corrected chi connectivity index (χ1v) is 36.8. The summed E-state index contributed by atoms with van der Waals surface area (Å²) in [4.78, 5) is 37.5. The largest absolute Gasteiger partial charge is 0.545 e. The molecule has 0 radical (unpaired) electrons. The number of quaternary nitrogens is 1. The number of carboxylic acid groups (broad SMARTS) is 1. The van der Waals surface area contributed by atoms with Crippen molar-refractivity contribution in [3.05, 3.63) is 12.2 Å². The van der Waals surface area contributed by atoms with Crippen LogP contribution in [0.2, 0.25) is 0 Å². The van der Waals surface area contributed by atoms with Gasteiger partial charge in [0.1, 0.15) is 13.2 Å². The molecule has 0 aromatic carbocycles. The van der Waals surface area contributed by atoms with Crippen LogP contribution in [0.3, 0.4) is 0 Å². The second-order valence-electron chi connectivity index (χ2n) is 26.6. The Hall–Kier alpha value is -1.97. The van der Waals surface area contributed by atoms with Crippen molar-refractivity contribution >= 4 is 17.9 Å². The number of nitrogens with zero attached hydrogens (tertiary/aromatic N) is 1. The highest BCUT2D eigenvalue weighted by molar-refractivity contribution is 5.70. The van der Waals surface area contributed by atoms with E-state index in [1.54, 1.807) is 0 Å². The average molecular weight is 1170 g/mol. The molecule has 2 unspecified atom stereocenters. The molecule has 83 heavy (non-hydrogen) atoms. The van der Waals surface area contributed by atoms with Crippen molar-refractivity contribution in [2.75, 3.05) is 47.5 Å². The maximum Gasteiger partial charge on any atom is 0.306 e. The van der Waals surface area contributed by atoms with Gasteiger partial charge in [-0.25, -0.2) is 0 Å². The zero-order chi connectivity index (χ0) is 60.5. The predicted molar refractivity (Wildman–Crippen MR) is 353 cm³/mol. The Bertz CT molecular complexity index is 1370. The summed E-state index contributed by atoms with van der Waals surface area (Å²) in [6, 6.07) is 0. The predicted octanol–water partition coefficient (Wildman–Crippen LogP) is 21.5. The van der Waals surface area contributed by atoms with Crippen molar-refractivity contribution in [1.29, 1.82) is 0 Å². The van der Waals surface area contributed by atoms with Gasteiger partial charge in [-0.3, -0.25) is 9.59 Å². The standard InChI is InChI=1S/C74H143NO8/c1-6-8-10-12-14-16-18-20-22-24-26-28-29-30-31-32-33-34-35-36-37-38-39-40-41-42-43-45-47-49-51-53-55-57-59-61-63-65-72(77)83-70(69-82-74(73(78)79)80-67-66-75(3,4)5)68-81-71(76)64-62-60-58-56-54-52-50-48-46-44-27-25-23-21-19-17-15-13-11-9-7-2/h24,26,70,74H,6-23,25,27-69H2,1-5H3/b26-24-. The number of ether oxygens (including phenoxy) is 4. The minimum absolute atomic E-state index is 0.153. The molecular formula is C74H143NO8. The molecule has 0 rings (SSSR count). The van der Waals surface area contributed by atoms with Crippen LogP contribution in [0.25, 0.3) is 0 Å². The van der Waals surface area contributed by atoms with Gasteiger partial charge in [-0.05, 0) is 38.5 Å². The molecule has 0 saturated heterocycles. The number of hydrogen-bond donors (Lipinski definition) is 0. The van der Waals surface area contributed by atoms with Crippen molar-refractivity contribution < 1.29 is 42.9 Å². The van der Waals surface area contributed by atoms with Gasteiger partial charge < -0.3 is 33.3 Å². The summed E-state index contributed by atoms with van der Waals surface area (Å²) in [6.07, 6.45) is 77.5. The van der Waals surface area contributed by atoms with Crippen LogP contribution in [0.5, 0.6) is 0 Å². The van der Waals surface area contributed by atoms with Crippen LogP contribution in [0.4, 0.5) is 0 Å². The molecule has 2 atom stereocenters. The Morgan fingerprint density at radius 2 is 0.614 bits per heavy atom. The molecule has 0 saturated carbocycles. The van der Waals surface area contributed by atoms with E-state index in [2.05, 4.69) is 26.0 Å². The molecular weight excluding hydrogens is 1030 g/mol. The number of esters is 2. The van der Waals surface area contributed by atoms with Gasteiger partial charge in [-0.1, -0.05) is 347 Å². The molecule has 0 spiro atoms. The zero-order valence-corrected chi connectivity index (χ0v) is 56.4. The number of carbonyl (C=O) groups is 3. The third-order valence-electron chi connectivity index (χ3n) is 17.0. The fraction of sp³-hybridized carbons (Fsp3) is 0.932. The van der Waals surface area contributed by atoms with E-state index >= 15 is 0 Å². The van der Waals surface area contributed by atoms with Crippen LogP contribution in [0.1, 0.15) is 386 Å². The minimum Gasteiger partial charge on any atom is -0.545 e. The fourth-order valence-corrected chi connectivity index (χ4v) is 11.4. The summed E-state index contributed by atoms with van der Waals surface area (Å²) in [5.41, 5.74) is 0. The molecule has 0 aromatic rings. The number of rotatable bonds is 70. The van der Waals surface area contributed by atoms with Crippen LogP contribution in [-0.2, 0) is 33.3 Å². The van der Waals surface area contributed by atoms with Crippen LogP contribution in [0.15, 0.2) is 12.2 Å². The SMILES string of the molecule is CCCCCCCCCC/C=C\CCCCCCCCCCCCCCCCCCCCCCCCCCCC(=O)OC(COC(=O)CCCCCCCCCCCCCCCCCCCCCCC)COC(OCC[N+](C)(C)C)C(=O)[O-]. The van der Waals surface area contributed by atoms with Crippen LogP contribution >= 0.6 is 0 Å². The summed E-state index contributed by atoms with van der Waals surface area (Å²) in [5.74, 6) is -2.25. The van der Waals surface area contributed by atoms with Crippen molar-refractivity contribution in [1.82, 2.24) is 0 Å². The van der Waals surface area contributed by atoms with Crippen molar-refractivity contribution in [2.24, 2.45) is 0 Å². The first kappa shape index (κ1) is 81.0. The molecule has 0 N–H and O–H groups in total. The molecule has 492 valence electrons. The summed E-state index contributed by atoms with van der Waals surface area (Å²) in [7, 11) is 5.95. The van der Waals surface area contributed by atoms with Crippen LogP contribution < -0.4 is 5.11 Å². The molecule has 9 heteroatoms. The highest BCUT2D eigenvalue weighted by Gasteiger charge is 2.22. The number of hydrogen-bond acceptors (Lipinski definition) is 8. The van der Waals surface area contributed by atoms with Gasteiger partial charge in [-0.15, -0.1) is 0 Å². The number of unbranched alkanes of at least 4 members (excludes halogenated alkanes) is 53. The van der Waals surface area contributed by atoms with E-state index in [9.17, 15) is 19.5 Å². The number of aliphatic carboxylic acids is 1. The first-order chi connectivity index (χ1) is 40.6. The molecule has 0 amide bonds. The lowest BCUT2D eigenvalue weighted by Gasteiger charge is -2.26. The number of allylic oxidation sites excluding steroid dienone is 2. The van der Waals surface area contributed by atoms with E-state index < -0.39 is 24.3 Å². The Morgan fingerprint density at radius 3 is 0.892 bits per heavy atom. The lowest BCUT2D eigenvalue weighted by Crippen LogP contribution is -2.44. The third-order valence-corrected chi connectivity index (χ3v) is 17.0. The highest BCUT2D eigenvalue weighted by atomic mass is 16.7. The van der Waals surface area contributed by atoms with Gasteiger partial charge in [0.15, 0.2) is 12.4 Å². The quantitative estimate of drug-likeness (QED) is 0.0195. The average Bonchev–Trinajstić information content (AvgIpc) is 3.46. The second kappa shape index (κ2) is 66.0. The van der Waals surface area contributed by atoms with Crippen molar-refractivity contribution in [3.8, 4) is 0 Å². The van der Waals surface area contributed by atoms with Crippen molar-refractivity contribution in [3.63, 3.8) is 0 Å². The smallest absolute Gasteiger partial charge is 0.306 e. The maximum atomic E-state index is 12.9. The summed E-state index contributed by atoms with van der Waals surface area (Å²) in [6.45, 7) is 4.83. The number of likely N-dealkylation sites (N-methyl/N-ethyl adjacent to an activating group) is 1. The van der Waals surface area contributed by atoms with E-state index in [0.29, 0.717) is 17.4 Å². The van der Waals surface area contributed by atoms with E-state index in [-0.39, 0.29) is 32.2 Å². The Morgan fingerprint density at radius 1 is 0.349 bits per heavy atom. The van der Waals surface area contributed by atoms with E-state index in [4.69, 9.17) is 18.9 Å². The van der Waals surface area contributed by atoms with E-state index in [1.807, 2.05) is 21.1 Å². The molecule has 9 nitrogen and oxygen atoms in total. The van der Waals surface area contributed by atoms with Gasteiger partial charge in [0.05, 0.1) is 40.3 Å². The lowest BCUT2D eigenvalue weighted by molar-refractivity contribution is -0.870. The Labute approximate surface area is 516 Å². The highest BCUT2D eigenvalue weighted by Crippen LogP contribution is 2.19. The second-order valence-corrected chi connectivity index (χ2v) is 26.6. The fourth-order valence-electron chi connectivity index (χ4n) is 11.4. The normalized spacial score (nSPS) is 12.6. The lowest BCUT2D eigenvalue weighted by atomic mass is 10.0. The summed E-state index contributed by atoms with van der Waals surface area (Å²) < 4.78 is 22.8. The van der Waals surface area contributed by atoms with E-state index in [0.717, 1.165) is 38.5 Å².